The predicted molar refractivity (Wildman–Crippen MR) is 74.3 cm³/mol. The fraction of sp³-hybridized carbons (Fsp3) is 0.500. The Morgan fingerprint density at radius 1 is 1.41 bits per heavy atom. The van der Waals surface area contributed by atoms with Crippen LogP contribution in [-0.4, -0.2) is 12.2 Å². The number of ether oxygens (including phenoxy) is 1. The number of hydrogen-bond donors (Lipinski definition) is 2. The first-order valence-corrected chi connectivity index (χ1v) is 7.15. The van der Waals surface area contributed by atoms with Crippen LogP contribution in [0.4, 0.5) is 0 Å². The number of phenolic OH excluding ortho intramolecular Hbond substituents is 1. The van der Waals surface area contributed by atoms with Crippen LogP contribution in [0.25, 0.3) is 0 Å². The lowest BCUT2D eigenvalue weighted by atomic mass is 9.77. The van der Waals surface area contributed by atoms with Gasteiger partial charge in [0.25, 0.3) is 0 Å². The highest BCUT2D eigenvalue weighted by Crippen LogP contribution is 2.46. The van der Waals surface area contributed by atoms with Crippen LogP contribution in [0.1, 0.15) is 30.9 Å². The summed E-state index contributed by atoms with van der Waals surface area (Å²) in [4.78, 5) is 0. The van der Waals surface area contributed by atoms with Crippen molar-refractivity contribution in [1.29, 1.82) is 0 Å². The molecule has 0 aliphatic heterocycles. The summed E-state index contributed by atoms with van der Waals surface area (Å²) in [5.41, 5.74) is 7.24. The maximum Gasteiger partial charge on any atom is 0.173 e. The predicted octanol–water partition coefficient (Wildman–Crippen LogP) is 3.73. The summed E-state index contributed by atoms with van der Waals surface area (Å²) in [6.07, 6.45) is 3.61. The quantitative estimate of drug-likeness (QED) is 0.859. The zero-order valence-corrected chi connectivity index (χ0v) is 12.7. The lowest BCUT2D eigenvalue weighted by Gasteiger charge is -2.32. The van der Waals surface area contributed by atoms with Gasteiger partial charge in [0.2, 0.25) is 0 Å². The highest BCUT2D eigenvalue weighted by molar-refractivity contribution is 9.13. The van der Waals surface area contributed by atoms with E-state index in [4.69, 9.17) is 10.5 Å². The first kappa shape index (κ1) is 13.2. The molecule has 17 heavy (non-hydrogen) atoms. The van der Waals surface area contributed by atoms with E-state index in [2.05, 4.69) is 31.9 Å². The van der Waals surface area contributed by atoms with Crippen LogP contribution in [0.15, 0.2) is 15.0 Å². The van der Waals surface area contributed by atoms with Crippen molar-refractivity contribution in [2.24, 2.45) is 11.7 Å². The number of hydrogen-bond acceptors (Lipinski definition) is 3. The Morgan fingerprint density at radius 3 is 2.53 bits per heavy atom. The summed E-state index contributed by atoms with van der Waals surface area (Å²) in [6.45, 7) is 0. The third-order valence-corrected chi connectivity index (χ3v) is 5.57. The number of nitrogens with two attached hydrogens (primary N) is 1. The molecule has 94 valence electrons. The van der Waals surface area contributed by atoms with Crippen molar-refractivity contribution in [1.82, 2.24) is 0 Å². The number of phenols is 1. The van der Waals surface area contributed by atoms with Crippen molar-refractivity contribution in [2.45, 2.75) is 25.3 Å². The molecule has 0 amide bonds. The van der Waals surface area contributed by atoms with Gasteiger partial charge in [0.1, 0.15) is 0 Å². The maximum absolute atomic E-state index is 9.85. The number of halogens is 2. The summed E-state index contributed by atoms with van der Waals surface area (Å²) in [7, 11) is 1.54. The standard InChI is InChI=1S/C12H15Br2NO2/c1-17-8-5-7(9(13)10(14)12(8)16)11(15)6-3-2-4-6/h5-6,11,16H,2-4,15H2,1H3/t11-/m1/s1. The summed E-state index contributed by atoms with van der Waals surface area (Å²) in [6, 6.07) is 1.80. The highest BCUT2D eigenvalue weighted by atomic mass is 79.9. The van der Waals surface area contributed by atoms with Gasteiger partial charge in [-0.3, -0.25) is 0 Å². The van der Waals surface area contributed by atoms with Crippen molar-refractivity contribution in [2.75, 3.05) is 7.11 Å². The van der Waals surface area contributed by atoms with Gasteiger partial charge in [-0.2, -0.15) is 0 Å². The molecule has 0 spiro atoms. The van der Waals surface area contributed by atoms with E-state index in [0.29, 0.717) is 16.1 Å². The number of benzene rings is 1. The second-order valence-electron chi connectivity index (χ2n) is 4.36. The second-order valence-corrected chi connectivity index (χ2v) is 5.95. The van der Waals surface area contributed by atoms with Gasteiger partial charge in [0, 0.05) is 10.5 Å². The Hall–Kier alpha value is -0.260. The SMILES string of the molecule is COc1cc([C@H](N)C2CCC2)c(Br)c(Br)c1O. The molecule has 3 nitrogen and oxygen atoms in total. The fourth-order valence-electron chi connectivity index (χ4n) is 2.06. The molecule has 3 N–H and O–H groups in total. The fourth-order valence-corrected chi connectivity index (χ4v) is 3.05. The van der Waals surface area contributed by atoms with Gasteiger partial charge >= 0.3 is 0 Å². The monoisotopic (exact) mass is 363 g/mol. The molecule has 2 rings (SSSR count). The van der Waals surface area contributed by atoms with E-state index in [0.717, 1.165) is 10.0 Å². The highest BCUT2D eigenvalue weighted by Gasteiger charge is 2.28. The van der Waals surface area contributed by atoms with Gasteiger partial charge in [-0.05, 0) is 62.2 Å². The van der Waals surface area contributed by atoms with Crippen molar-refractivity contribution >= 4 is 31.9 Å². The number of rotatable bonds is 3. The molecule has 0 bridgehead atoms. The van der Waals surface area contributed by atoms with Gasteiger partial charge in [0.05, 0.1) is 11.6 Å². The average Bonchev–Trinajstić information content (AvgIpc) is 2.24. The number of aromatic hydroxyl groups is 1. The smallest absolute Gasteiger partial charge is 0.173 e. The van der Waals surface area contributed by atoms with Crippen molar-refractivity contribution in [3.05, 3.63) is 20.6 Å². The maximum atomic E-state index is 9.85. The molecular formula is C12H15Br2NO2. The van der Waals surface area contributed by atoms with Crippen LogP contribution >= 0.6 is 31.9 Å². The van der Waals surface area contributed by atoms with E-state index in [1.54, 1.807) is 0 Å². The van der Waals surface area contributed by atoms with Crippen molar-refractivity contribution in [3.63, 3.8) is 0 Å². The zero-order valence-electron chi connectivity index (χ0n) is 9.54. The Balaban J connectivity index is 2.42. The summed E-state index contributed by atoms with van der Waals surface area (Å²) in [5, 5.41) is 9.85. The first-order valence-electron chi connectivity index (χ1n) is 5.56. The van der Waals surface area contributed by atoms with Crippen LogP contribution in [-0.2, 0) is 0 Å². The zero-order chi connectivity index (χ0) is 12.6. The van der Waals surface area contributed by atoms with Crippen LogP contribution in [0.2, 0.25) is 0 Å². The summed E-state index contributed by atoms with van der Waals surface area (Å²) in [5.74, 6) is 1.08. The summed E-state index contributed by atoms with van der Waals surface area (Å²) >= 11 is 6.82. The van der Waals surface area contributed by atoms with Crippen LogP contribution in [0, 0.1) is 5.92 Å². The third-order valence-electron chi connectivity index (χ3n) is 3.41. The second kappa shape index (κ2) is 5.16. The van der Waals surface area contributed by atoms with Gasteiger partial charge in [-0.1, -0.05) is 6.42 Å². The Kier molecular flexibility index (Phi) is 4.00. The molecule has 1 aromatic rings. The van der Waals surface area contributed by atoms with Crippen LogP contribution < -0.4 is 10.5 Å². The molecule has 1 aromatic carbocycles. The molecule has 1 saturated carbocycles. The van der Waals surface area contributed by atoms with Gasteiger partial charge < -0.3 is 15.6 Å². The van der Waals surface area contributed by atoms with Gasteiger partial charge in [-0.15, -0.1) is 0 Å². The molecule has 1 aliphatic carbocycles. The minimum atomic E-state index is -0.0103. The molecule has 1 atom stereocenters. The molecule has 1 aliphatic rings. The molecule has 5 heteroatoms. The largest absolute Gasteiger partial charge is 0.503 e. The molecule has 0 unspecified atom stereocenters. The van der Waals surface area contributed by atoms with E-state index in [1.165, 1.54) is 26.4 Å². The van der Waals surface area contributed by atoms with Crippen LogP contribution in [0.3, 0.4) is 0 Å². The van der Waals surface area contributed by atoms with E-state index < -0.39 is 0 Å². The van der Waals surface area contributed by atoms with E-state index >= 15 is 0 Å². The van der Waals surface area contributed by atoms with Crippen LogP contribution in [0.5, 0.6) is 11.5 Å². The lowest BCUT2D eigenvalue weighted by Crippen LogP contribution is -2.27. The minimum Gasteiger partial charge on any atom is -0.503 e. The van der Waals surface area contributed by atoms with Gasteiger partial charge in [-0.25, -0.2) is 0 Å². The normalized spacial score (nSPS) is 17.6. The summed E-state index contributed by atoms with van der Waals surface area (Å²) < 4.78 is 6.56. The Morgan fingerprint density at radius 2 is 2.06 bits per heavy atom. The molecule has 0 heterocycles. The first-order chi connectivity index (χ1) is 8.06. The van der Waals surface area contributed by atoms with Gasteiger partial charge in [0.15, 0.2) is 11.5 Å². The topological polar surface area (TPSA) is 55.5 Å². The van der Waals surface area contributed by atoms with E-state index in [-0.39, 0.29) is 11.8 Å². The van der Waals surface area contributed by atoms with Crippen molar-refractivity contribution < 1.29 is 9.84 Å². The average molecular weight is 365 g/mol. The molecule has 0 aromatic heterocycles. The molecule has 0 saturated heterocycles. The Labute approximate surface area is 118 Å². The van der Waals surface area contributed by atoms with E-state index in [1.807, 2.05) is 6.07 Å². The lowest BCUT2D eigenvalue weighted by molar-refractivity contribution is 0.263. The molecule has 1 fully saturated rings. The van der Waals surface area contributed by atoms with E-state index in [9.17, 15) is 5.11 Å². The Bertz CT molecular complexity index is 433. The van der Waals surface area contributed by atoms with Crippen molar-refractivity contribution in [3.8, 4) is 11.5 Å². The molecular weight excluding hydrogens is 350 g/mol. The minimum absolute atomic E-state index is 0.0103. The molecule has 0 radical (unpaired) electrons. The third kappa shape index (κ3) is 2.33. The number of methoxy groups -OCH3 is 1.